The van der Waals surface area contributed by atoms with Gasteiger partial charge in [-0.2, -0.15) is 0 Å². The van der Waals surface area contributed by atoms with Crippen molar-refractivity contribution in [1.29, 1.82) is 0 Å². The van der Waals surface area contributed by atoms with Gasteiger partial charge in [-0.05, 0) is 41.5 Å². The largest absolute Gasteiger partial charge is 0.399 e. The topological polar surface area (TPSA) is 76.7 Å². The Kier molecular flexibility index (Phi) is 4.10. The van der Waals surface area contributed by atoms with Crippen LogP contribution in [0.25, 0.3) is 21.8 Å². The molecule has 0 saturated carbocycles. The molecule has 2 aromatic carbocycles. The number of nitrogen functional groups attached to an aromatic ring is 1. The van der Waals surface area contributed by atoms with Gasteiger partial charge in [0.05, 0.1) is 0 Å². The number of rotatable bonds is 4. The summed E-state index contributed by atoms with van der Waals surface area (Å²) in [5, 5.41) is 6.06. The Labute approximate surface area is 149 Å². The number of hydrogen-bond acceptors (Lipinski definition) is 6. The van der Waals surface area contributed by atoms with Gasteiger partial charge in [-0.1, -0.05) is 24.3 Å². The van der Waals surface area contributed by atoms with Gasteiger partial charge >= 0.3 is 0 Å². The first kappa shape index (κ1) is 15.3. The molecule has 0 bridgehead atoms. The van der Waals surface area contributed by atoms with E-state index < -0.39 is 0 Å². The van der Waals surface area contributed by atoms with E-state index in [1.54, 1.807) is 23.7 Å². The molecule has 0 aliphatic heterocycles. The molecule has 2 aromatic heterocycles. The van der Waals surface area contributed by atoms with Crippen molar-refractivity contribution >= 4 is 28.7 Å². The molecule has 0 amide bonds. The molecule has 0 saturated heterocycles. The Bertz CT molecular complexity index is 998. The van der Waals surface area contributed by atoms with Crippen LogP contribution in [0.5, 0.6) is 0 Å². The highest BCUT2D eigenvalue weighted by Crippen LogP contribution is 2.26. The Morgan fingerprint density at radius 2 is 1.72 bits per heavy atom. The second-order valence-corrected chi connectivity index (χ2v) is 6.33. The molecule has 0 fully saturated rings. The number of nitrogens with zero attached hydrogens (tertiary/aromatic N) is 3. The van der Waals surface area contributed by atoms with E-state index in [0.717, 1.165) is 33.2 Å². The maximum absolute atomic E-state index is 5.88. The molecule has 25 heavy (non-hydrogen) atoms. The molecular weight excluding hydrogens is 330 g/mol. The first-order valence-electron chi connectivity index (χ1n) is 7.74. The molecule has 2 heterocycles. The van der Waals surface area contributed by atoms with Crippen molar-refractivity contribution in [1.82, 2.24) is 15.0 Å². The first-order valence-corrected chi connectivity index (χ1v) is 8.62. The van der Waals surface area contributed by atoms with Crippen LogP contribution in [-0.4, -0.2) is 15.0 Å². The monoisotopic (exact) mass is 345 g/mol. The Morgan fingerprint density at radius 1 is 0.880 bits per heavy atom. The zero-order chi connectivity index (χ0) is 17.1. The fraction of sp³-hybridized carbons (Fsp3) is 0. The van der Waals surface area contributed by atoms with Crippen LogP contribution >= 0.6 is 11.3 Å². The highest BCUT2D eigenvalue weighted by atomic mass is 32.1. The van der Waals surface area contributed by atoms with Gasteiger partial charge < -0.3 is 11.1 Å². The first-order chi connectivity index (χ1) is 12.3. The number of aromatic nitrogens is 3. The van der Waals surface area contributed by atoms with Crippen LogP contribution in [0, 0.1) is 0 Å². The van der Waals surface area contributed by atoms with Gasteiger partial charge in [0, 0.05) is 29.1 Å². The maximum Gasteiger partial charge on any atom is 0.227 e. The smallest absolute Gasteiger partial charge is 0.227 e. The highest BCUT2D eigenvalue weighted by Gasteiger charge is 2.06. The standard InChI is InChI=1S/C19H15N5S/c20-15-5-1-3-13(11-15)14-4-2-6-16(12-14)23-19-22-8-7-17(24-19)18-21-9-10-25-18/h1-12H,20H2,(H,22,23,24). The lowest BCUT2D eigenvalue weighted by molar-refractivity contribution is 1.16. The minimum atomic E-state index is 0.539. The van der Waals surface area contributed by atoms with E-state index in [1.807, 2.05) is 60.0 Å². The van der Waals surface area contributed by atoms with E-state index in [4.69, 9.17) is 5.73 Å². The summed E-state index contributed by atoms with van der Waals surface area (Å²) in [4.78, 5) is 13.1. The third-order valence-electron chi connectivity index (χ3n) is 3.65. The lowest BCUT2D eigenvalue weighted by atomic mass is 10.0. The van der Waals surface area contributed by atoms with Gasteiger partial charge in [-0.15, -0.1) is 11.3 Å². The second kappa shape index (κ2) is 6.70. The van der Waals surface area contributed by atoms with Crippen LogP contribution in [0.15, 0.2) is 72.4 Å². The second-order valence-electron chi connectivity index (χ2n) is 5.43. The summed E-state index contributed by atoms with van der Waals surface area (Å²) in [6.07, 6.45) is 3.50. The van der Waals surface area contributed by atoms with Gasteiger partial charge in [-0.25, -0.2) is 15.0 Å². The zero-order valence-corrected chi connectivity index (χ0v) is 14.1. The fourth-order valence-corrected chi connectivity index (χ4v) is 3.12. The fourth-order valence-electron chi connectivity index (χ4n) is 2.51. The summed E-state index contributed by atoms with van der Waals surface area (Å²) in [5.41, 5.74) is 10.5. The number of thiazole rings is 1. The van der Waals surface area contributed by atoms with Crippen LogP contribution in [0.4, 0.5) is 17.3 Å². The van der Waals surface area contributed by atoms with E-state index >= 15 is 0 Å². The molecular formula is C19H15N5S. The van der Waals surface area contributed by atoms with Crippen LogP contribution in [-0.2, 0) is 0 Å². The highest BCUT2D eigenvalue weighted by molar-refractivity contribution is 7.13. The molecule has 0 spiro atoms. The number of nitrogens with one attached hydrogen (secondary N) is 1. The summed E-state index contributed by atoms with van der Waals surface area (Å²) in [5.74, 6) is 0.539. The lowest BCUT2D eigenvalue weighted by Gasteiger charge is -2.08. The van der Waals surface area contributed by atoms with E-state index in [0.29, 0.717) is 5.95 Å². The number of benzene rings is 2. The van der Waals surface area contributed by atoms with Crippen molar-refractivity contribution in [2.75, 3.05) is 11.1 Å². The van der Waals surface area contributed by atoms with Crippen LogP contribution < -0.4 is 11.1 Å². The molecule has 0 radical (unpaired) electrons. The molecule has 4 aromatic rings. The molecule has 0 unspecified atom stereocenters. The average Bonchev–Trinajstić information content (AvgIpc) is 3.17. The van der Waals surface area contributed by atoms with Crippen LogP contribution in [0.3, 0.4) is 0 Å². The summed E-state index contributed by atoms with van der Waals surface area (Å²) in [6.45, 7) is 0. The van der Waals surface area contributed by atoms with E-state index in [-0.39, 0.29) is 0 Å². The lowest BCUT2D eigenvalue weighted by Crippen LogP contribution is -1.98. The quantitative estimate of drug-likeness (QED) is 0.529. The summed E-state index contributed by atoms with van der Waals surface area (Å²) < 4.78 is 0. The molecule has 5 nitrogen and oxygen atoms in total. The Hall–Kier alpha value is -3.25. The van der Waals surface area contributed by atoms with Crippen molar-refractivity contribution < 1.29 is 0 Å². The van der Waals surface area contributed by atoms with Crippen molar-refractivity contribution in [2.24, 2.45) is 0 Å². The minimum Gasteiger partial charge on any atom is -0.399 e. The summed E-state index contributed by atoms with van der Waals surface area (Å²) in [6, 6.07) is 17.7. The van der Waals surface area contributed by atoms with Gasteiger partial charge in [0.15, 0.2) is 0 Å². The van der Waals surface area contributed by atoms with Crippen molar-refractivity contribution in [3.63, 3.8) is 0 Å². The Morgan fingerprint density at radius 3 is 2.52 bits per heavy atom. The molecule has 0 aliphatic rings. The Balaban J connectivity index is 1.61. The van der Waals surface area contributed by atoms with Gasteiger partial charge in [0.25, 0.3) is 0 Å². The molecule has 3 N–H and O–H groups in total. The van der Waals surface area contributed by atoms with Gasteiger partial charge in [-0.3, -0.25) is 0 Å². The minimum absolute atomic E-state index is 0.539. The molecule has 0 atom stereocenters. The maximum atomic E-state index is 5.88. The van der Waals surface area contributed by atoms with E-state index in [2.05, 4.69) is 20.3 Å². The summed E-state index contributed by atoms with van der Waals surface area (Å²) in [7, 11) is 0. The van der Waals surface area contributed by atoms with E-state index in [1.165, 1.54) is 0 Å². The number of hydrogen-bond donors (Lipinski definition) is 2. The normalized spacial score (nSPS) is 10.6. The van der Waals surface area contributed by atoms with Crippen molar-refractivity contribution in [2.45, 2.75) is 0 Å². The average molecular weight is 345 g/mol. The summed E-state index contributed by atoms with van der Waals surface area (Å²) >= 11 is 1.55. The predicted molar refractivity (Wildman–Crippen MR) is 103 cm³/mol. The zero-order valence-electron chi connectivity index (χ0n) is 13.3. The van der Waals surface area contributed by atoms with Crippen LogP contribution in [0.1, 0.15) is 0 Å². The van der Waals surface area contributed by atoms with E-state index in [9.17, 15) is 0 Å². The van der Waals surface area contributed by atoms with Crippen LogP contribution in [0.2, 0.25) is 0 Å². The SMILES string of the molecule is Nc1cccc(-c2cccc(Nc3nccc(-c4nccs4)n3)c2)c1. The molecule has 122 valence electrons. The molecule has 0 aliphatic carbocycles. The van der Waals surface area contributed by atoms with Crippen molar-refractivity contribution in [3.8, 4) is 21.8 Å². The predicted octanol–water partition coefficient (Wildman–Crippen LogP) is 4.59. The number of nitrogens with two attached hydrogens (primary N) is 1. The molecule has 4 rings (SSSR count). The van der Waals surface area contributed by atoms with Gasteiger partial charge in [0.2, 0.25) is 5.95 Å². The van der Waals surface area contributed by atoms with Crippen molar-refractivity contribution in [3.05, 3.63) is 72.4 Å². The third kappa shape index (κ3) is 3.49. The molecule has 6 heteroatoms. The third-order valence-corrected chi connectivity index (χ3v) is 4.44. The number of anilines is 3. The van der Waals surface area contributed by atoms with Gasteiger partial charge in [0.1, 0.15) is 10.7 Å².